The fourth-order valence-electron chi connectivity index (χ4n) is 6.14. The number of sulfone groups is 1. The van der Waals surface area contributed by atoms with Crippen LogP contribution >= 0.6 is 0 Å². The van der Waals surface area contributed by atoms with Crippen LogP contribution in [0.5, 0.6) is 0 Å². The summed E-state index contributed by atoms with van der Waals surface area (Å²) in [6.45, 7) is 6.18. The van der Waals surface area contributed by atoms with Crippen LogP contribution in [0, 0.1) is 11.6 Å². The third-order valence-electron chi connectivity index (χ3n) is 8.98. The number of aliphatic hydroxyl groups is 1. The fourth-order valence-corrected chi connectivity index (χ4v) is 9.08. The summed E-state index contributed by atoms with van der Waals surface area (Å²) >= 11 is 0. The van der Waals surface area contributed by atoms with E-state index in [1.54, 1.807) is 6.92 Å². The molecule has 0 bridgehead atoms. The van der Waals surface area contributed by atoms with Crippen LogP contribution in [0.4, 0.5) is 13.6 Å². The van der Waals surface area contributed by atoms with Crippen molar-refractivity contribution in [1.29, 1.82) is 0 Å². The number of carbonyl (C=O) groups is 2. The van der Waals surface area contributed by atoms with E-state index >= 15 is 0 Å². The highest BCUT2D eigenvalue weighted by atomic mass is 32.2. The first kappa shape index (κ1) is 42.2. The largest absolute Gasteiger partial charge is 0.446 e. The molecule has 0 aromatic heterocycles. The maximum Gasteiger partial charge on any atom is 0.408 e. The van der Waals surface area contributed by atoms with Crippen molar-refractivity contribution in [3.05, 3.63) is 70.8 Å². The highest BCUT2D eigenvalue weighted by molar-refractivity contribution is 7.92. The summed E-state index contributed by atoms with van der Waals surface area (Å²) in [6.07, 6.45) is 0.285. The quantitative estimate of drug-likeness (QED) is 0.168. The van der Waals surface area contributed by atoms with E-state index in [0.29, 0.717) is 25.5 Å². The zero-order valence-corrected chi connectivity index (χ0v) is 31.4. The third-order valence-corrected chi connectivity index (χ3v) is 12.7. The van der Waals surface area contributed by atoms with Crippen molar-refractivity contribution in [3.8, 4) is 0 Å². The number of aliphatic hydroxyl groups excluding tert-OH is 1. The van der Waals surface area contributed by atoms with Gasteiger partial charge in [-0.1, -0.05) is 51.5 Å². The van der Waals surface area contributed by atoms with Crippen LogP contribution in [0.15, 0.2) is 42.5 Å². The van der Waals surface area contributed by atoms with E-state index in [1.165, 1.54) is 4.31 Å². The molecule has 3 rings (SSSR count). The van der Waals surface area contributed by atoms with Gasteiger partial charge in [-0.3, -0.25) is 4.79 Å². The van der Waals surface area contributed by atoms with Crippen LogP contribution in [0.25, 0.3) is 0 Å². The maximum absolute atomic E-state index is 14.1. The van der Waals surface area contributed by atoms with Gasteiger partial charge in [-0.2, -0.15) is 0 Å². The number of halogens is 2. The van der Waals surface area contributed by atoms with Crippen LogP contribution in [0.3, 0.4) is 0 Å². The van der Waals surface area contributed by atoms with Crippen molar-refractivity contribution in [2.24, 2.45) is 0 Å². The normalized spacial score (nSPS) is 16.9. The molecule has 0 spiro atoms. The van der Waals surface area contributed by atoms with Crippen molar-refractivity contribution in [2.45, 2.75) is 102 Å². The Morgan fingerprint density at radius 3 is 2.20 bits per heavy atom. The van der Waals surface area contributed by atoms with Gasteiger partial charge in [0.25, 0.3) is 0 Å². The summed E-state index contributed by atoms with van der Waals surface area (Å²) in [5.41, 5.74) is 2.23. The van der Waals surface area contributed by atoms with Crippen LogP contribution in [0.2, 0.25) is 0 Å². The second-order valence-electron chi connectivity index (χ2n) is 13.1. The van der Waals surface area contributed by atoms with E-state index in [9.17, 15) is 40.3 Å². The zero-order chi connectivity index (χ0) is 37.8. The number of aryl methyl sites for hydroxylation is 1. The highest BCUT2D eigenvalue weighted by Crippen LogP contribution is 2.19. The summed E-state index contributed by atoms with van der Waals surface area (Å²) in [4.78, 5) is 27.0. The molecular weight excluding hydrogens is 707 g/mol. The van der Waals surface area contributed by atoms with E-state index in [1.807, 2.05) is 38.1 Å². The summed E-state index contributed by atoms with van der Waals surface area (Å²) < 4.78 is 85.7. The molecule has 2 aromatic carbocycles. The molecule has 0 saturated carbocycles. The van der Waals surface area contributed by atoms with E-state index < -0.39 is 78.8 Å². The Kier molecular flexibility index (Phi) is 16.2. The van der Waals surface area contributed by atoms with Gasteiger partial charge in [0.1, 0.15) is 23.8 Å². The van der Waals surface area contributed by atoms with Gasteiger partial charge < -0.3 is 25.8 Å². The number of nitrogens with one attached hydrogen (secondary N) is 3. The van der Waals surface area contributed by atoms with Gasteiger partial charge in [0.2, 0.25) is 15.9 Å². The van der Waals surface area contributed by atoms with Crippen molar-refractivity contribution < 1.29 is 45.0 Å². The first-order chi connectivity index (χ1) is 24.0. The molecule has 1 fully saturated rings. The summed E-state index contributed by atoms with van der Waals surface area (Å²) in [5.74, 6) is -3.40. The Morgan fingerprint density at radius 1 is 0.961 bits per heavy atom. The topological polar surface area (TPSA) is 171 Å². The minimum absolute atomic E-state index is 0.0435. The predicted octanol–water partition coefficient (Wildman–Crippen LogP) is 3.22. The number of amides is 2. The van der Waals surface area contributed by atoms with Crippen LogP contribution in [-0.2, 0) is 48.8 Å². The van der Waals surface area contributed by atoms with Gasteiger partial charge in [-0.25, -0.2) is 34.7 Å². The molecule has 12 nitrogen and oxygen atoms in total. The number of sulfonamides is 1. The lowest BCUT2D eigenvalue weighted by atomic mass is 10.00. The molecule has 1 unspecified atom stereocenters. The number of hydrogen-bond donors (Lipinski definition) is 4. The van der Waals surface area contributed by atoms with Crippen LogP contribution in [0.1, 0.15) is 69.6 Å². The molecule has 4 atom stereocenters. The molecule has 1 aliphatic rings. The second kappa shape index (κ2) is 19.6. The average molecular weight is 759 g/mol. The summed E-state index contributed by atoms with van der Waals surface area (Å²) in [7, 11) is -7.36. The molecule has 1 saturated heterocycles. The Bertz CT molecular complexity index is 1650. The molecule has 286 valence electrons. The monoisotopic (exact) mass is 758 g/mol. The van der Waals surface area contributed by atoms with Gasteiger partial charge >= 0.3 is 6.09 Å². The molecule has 2 aromatic rings. The second-order valence-corrected chi connectivity index (χ2v) is 17.4. The molecule has 2 amide bonds. The van der Waals surface area contributed by atoms with Crippen LogP contribution in [-0.4, -0.2) is 99.4 Å². The van der Waals surface area contributed by atoms with E-state index in [0.717, 1.165) is 35.9 Å². The van der Waals surface area contributed by atoms with Gasteiger partial charge in [0.05, 0.1) is 29.4 Å². The Labute approximate surface area is 300 Å². The number of carbonyl (C=O) groups excluding carboxylic acids is 2. The zero-order valence-electron chi connectivity index (χ0n) is 29.7. The molecule has 1 aliphatic heterocycles. The Morgan fingerprint density at radius 2 is 1.61 bits per heavy atom. The van der Waals surface area contributed by atoms with Crippen molar-refractivity contribution in [3.63, 3.8) is 0 Å². The van der Waals surface area contributed by atoms with Crippen molar-refractivity contribution in [1.82, 2.24) is 20.3 Å². The first-order valence-corrected chi connectivity index (χ1v) is 21.0. The van der Waals surface area contributed by atoms with Crippen molar-refractivity contribution >= 4 is 31.9 Å². The van der Waals surface area contributed by atoms with Gasteiger partial charge in [-0.15, -0.1) is 0 Å². The number of rotatable bonds is 19. The number of benzene rings is 2. The Balaban J connectivity index is 1.82. The standard InChI is InChI=1S/C35H52F2N4O8S2/c1-5-9-30(7-3)51(47,48)23-32(40-35(44)49-29-12-14-41(15-13-29)50(4,45)46)34(43)39-31(19-26-17-27(36)20-28(37)18-26)33(42)22-38-21-25-11-8-10-24(6-2)16-25/h8,10-11,16-18,20,29-33,38,42H,5-7,9,12-15,19,21-23H2,1-4H3,(H,39,43)(H,40,44)/t30?,31-,32-,33+/m0/s1. The fraction of sp³-hybridized carbons (Fsp3) is 0.600. The molecule has 16 heteroatoms. The van der Waals surface area contributed by atoms with E-state index in [2.05, 4.69) is 16.0 Å². The average Bonchev–Trinajstić information content (AvgIpc) is 3.05. The number of hydrogen-bond acceptors (Lipinski definition) is 9. The van der Waals surface area contributed by atoms with Gasteiger partial charge in [-0.05, 0) is 67.3 Å². The summed E-state index contributed by atoms with van der Waals surface area (Å²) in [5, 5.41) is 18.7. The molecular formula is C35H52F2N4O8S2. The first-order valence-electron chi connectivity index (χ1n) is 17.4. The SMILES string of the molecule is CCCC(CC)S(=O)(=O)C[C@H](NC(=O)OC1CCN(S(C)(=O)=O)CC1)C(=O)N[C@@H](Cc1cc(F)cc(F)c1)[C@H](O)CNCc1cccc(CC)c1. The molecule has 0 aliphatic carbocycles. The van der Waals surface area contributed by atoms with Crippen LogP contribution < -0.4 is 16.0 Å². The molecule has 0 radical (unpaired) electrons. The minimum Gasteiger partial charge on any atom is -0.446 e. The van der Waals surface area contributed by atoms with E-state index in [4.69, 9.17) is 4.74 Å². The maximum atomic E-state index is 14.1. The highest BCUT2D eigenvalue weighted by Gasteiger charge is 2.35. The smallest absolute Gasteiger partial charge is 0.408 e. The number of alkyl carbamates (subject to hydrolysis) is 1. The lowest BCUT2D eigenvalue weighted by molar-refractivity contribution is -0.124. The number of nitrogens with zero attached hydrogens (tertiary/aromatic N) is 1. The number of piperidine rings is 1. The molecule has 1 heterocycles. The van der Waals surface area contributed by atoms with Gasteiger partial charge in [0.15, 0.2) is 9.84 Å². The lowest BCUT2D eigenvalue weighted by Crippen LogP contribution is -2.57. The summed E-state index contributed by atoms with van der Waals surface area (Å²) in [6, 6.07) is 7.88. The third kappa shape index (κ3) is 13.7. The molecule has 4 N–H and O–H groups in total. The van der Waals surface area contributed by atoms with Crippen molar-refractivity contribution in [2.75, 3.05) is 31.6 Å². The predicted molar refractivity (Wildman–Crippen MR) is 191 cm³/mol. The molecule has 51 heavy (non-hydrogen) atoms. The lowest BCUT2D eigenvalue weighted by Gasteiger charge is -2.31. The van der Waals surface area contributed by atoms with E-state index in [-0.39, 0.29) is 50.9 Å². The number of ether oxygens (including phenoxy) is 1. The van der Waals surface area contributed by atoms with Gasteiger partial charge in [0, 0.05) is 32.2 Å². The Hall–Kier alpha value is -3.18. The minimum atomic E-state index is -3.94.